The van der Waals surface area contributed by atoms with E-state index in [4.69, 9.17) is 10.5 Å². The van der Waals surface area contributed by atoms with E-state index >= 15 is 0 Å². The Morgan fingerprint density at radius 2 is 2.00 bits per heavy atom. The number of benzene rings is 1. The van der Waals surface area contributed by atoms with Gasteiger partial charge >= 0.3 is 0 Å². The van der Waals surface area contributed by atoms with Crippen LogP contribution in [0.3, 0.4) is 0 Å². The molecule has 1 amide bonds. The summed E-state index contributed by atoms with van der Waals surface area (Å²) < 4.78 is 5.31. The zero-order chi connectivity index (χ0) is 12.0. The van der Waals surface area contributed by atoms with Crippen molar-refractivity contribution in [1.82, 2.24) is 5.32 Å². The van der Waals surface area contributed by atoms with Crippen LogP contribution in [0.2, 0.25) is 0 Å². The molecule has 3 N–H and O–H groups in total. The summed E-state index contributed by atoms with van der Waals surface area (Å²) in [6.45, 7) is 4.96. The third kappa shape index (κ3) is 4.31. The molecular weight excluding hydrogens is 204 g/mol. The Balaban J connectivity index is 2.32. The van der Waals surface area contributed by atoms with Crippen molar-refractivity contribution < 1.29 is 9.53 Å². The average Bonchev–Trinajstić information content (AvgIpc) is 2.25. The van der Waals surface area contributed by atoms with Gasteiger partial charge in [-0.2, -0.15) is 0 Å². The molecule has 0 saturated carbocycles. The molecule has 0 unspecified atom stereocenters. The van der Waals surface area contributed by atoms with E-state index in [-0.39, 0.29) is 12.0 Å². The topological polar surface area (TPSA) is 64.3 Å². The van der Waals surface area contributed by atoms with Crippen molar-refractivity contribution in [3.8, 4) is 0 Å². The molecule has 0 aliphatic rings. The van der Waals surface area contributed by atoms with Crippen LogP contribution in [0.1, 0.15) is 24.2 Å². The Kier molecular flexibility index (Phi) is 4.79. The van der Waals surface area contributed by atoms with Gasteiger partial charge in [0.15, 0.2) is 0 Å². The van der Waals surface area contributed by atoms with Crippen LogP contribution in [0.5, 0.6) is 0 Å². The van der Waals surface area contributed by atoms with E-state index in [2.05, 4.69) is 5.32 Å². The molecule has 0 fully saturated rings. The highest BCUT2D eigenvalue weighted by Crippen LogP contribution is 2.04. The lowest BCUT2D eigenvalue weighted by Gasteiger charge is -2.08. The van der Waals surface area contributed by atoms with E-state index in [1.165, 1.54) is 0 Å². The van der Waals surface area contributed by atoms with E-state index in [1.807, 2.05) is 13.8 Å². The lowest BCUT2D eigenvalue weighted by Crippen LogP contribution is -2.28. The minimum Gasteiger partial charge on any atom is -0.399 e. The number of hydrogen-bond acceptors (Lipinski definition) is 3. The third-order valence-electron chi connectivity index (χ3n) is 2.01. The fourth-order valence-corrected chi connectivity index (χ4v) is 1.20. The summed E-state index contributed by atoms with van der Waals surface area (Å²) in [7, 11) is 0. The number of nitrogens with two attached hydrogens (primary N) is 1. The Bertz CT molecular complexity index is 333. The van der Waals surface area contributed by atoms with E-state index in [0.29, 0.717) is 24.4 Å². The maximum absolute atomic E-state index is 11.6. The predicted molar refractivity (Wildman–Crippen MR) is 64.3 cm³/mol. The fraction of sp³-hybridized carbons (Fsp3) is 0.417. The SMILES string of the molecule is CC(C)OCCNC(=O)c1ccc(N)cc1. The van der Waals surface area contributed by atoms with Crippen molar-refractivity contribution in [2.75, 3.05) is 18.9 Å². The van der Waals surface area contributed by atoms with Crippen LogP contribution in [0.15, 0.2) is 24.3 Å². The van der Waals surface area contributed by atoms with Crippen LogP contribution in [0.25, 0.3) is 0 Å². The summed E-state index contributed by atoms with van der Waals surface area (Å²) in [5.41, 5.74) is 6.79. The Morgan fingerprint density at radius 1 is 1.38 bits per heavy atom. The second kappa shape index (κ2) is 6.12. The highest BCUT2D eigenvalue weighted by molar-refractivity contribution is 5.94. The fourth-order valence-electron chi connectivity index (χ4n) is 1.20. The maximum Gasteiger partial charge on any atom is 0.251 e. The number of rotatable bonds is 5. The van der Waals surface area contributed by atoms with Crippen molar-refractivity contribution in [1.29, 1.82) is 0 Å². The molecule has 0 atom stereocenters. The molecule has 0 bridgehead atoms. The normalized spacial score (nSPS) is 10.4. The number of nitrogen functional groups attached to an aromatic ring is 1. The Labute approximate surface area is 95.8 Å². The first-order valence-corrected chi connectivity index (χ1v) is 5.35. The van der Waals surface area contributed by atoms with E-state index in [1.54, 1.807) is 24.3 Å². The second-order valence-electron chi connectivity index (χ2n) is 3.80. The van der Waals surface area contributed by atoms with E-state index in [0.717, 1.165) is 0 Å². The van der Waals surface area contributed by atoms with E-state index < -0.39 is 0 Å². The monoisotopic (exact) mass is 222 g/mol. The number of carbonyl (C=O) groups excluding carboxylic acids is 1. The zero-order valence-corrected chi connectivity index (χ0v) is 9.69. The quantitative estimate of drug-likeness (QED) is 0.585. The molecule has 0 heterocycles. The smallest absolute Gasteiger partial charge is 0.251 e. The standard InChI is InChI=1S/C12H18N2O2/c1-9(2)16-8-7-14-12(15)10-3-5-11(13)6-4-10/h3-6,9H,7-8,13H2,1-2H3,(H,14,15). The number of hydrogen-bond donors (Lipinski definition) is 2. The van der Waals surface area contributed by atoms with Gasteiger partial charge in [-0.25, -0.2) is 0 Å². The molecule has 1 aromatic rings. The average molecular weight is 222 g/mol. The highest BCUT2D eigenvalue weighted by atomic mass is 16.5. The molecule has 0 aliphatic carbocycles. The van der Waals surface area contributed by atoms with E-state index in [9.17, 15) is 4.79 Å². The van der Waals surface area contributed by atoms with Crippen molar-refractivity contribution in [3.63, 3.8) is 0 Å². The summed E-state index contributed by atoms with van der Waals surface area (Å²) in [5.74, 6) is -0.104. The molecule has 0 radical (unpaired) electrons. The first-order chi connectivity index (χ1) is 7.59. The van der Waals surface area contributed by atoms with Gasteiger partial charge in [-0.05, 0) is 38.1 Å². The van der Waals surface area contributed by atoms with Crippen molar-refractivity contribution >= 4 is 11.6 Å². The number of amides is 1. The Morgan fingerprint density at radius 3 is 2.56 bits per heavy atom. The van der Waals surface area contributed by atoms with Crippen LogP contribution in [-0.2, 0) is 4.74 Å². The summed E-state index contributed by atoms with van der Waals surface area (Å²) in [5, 5.41) is 2.77. The van der Waals surface area contributed by atoms with Gasteiger partial charge in [-0.1, -0.05) is 0 Å². The minimum atomic E-state index is -0.104. The summed E-state index contributed by atoms with van der Waals surface area (Å²) in [4.78, 5) is 11.6. The number of nitrogens with one attached hydrogen (secondary N) is 1. The van der Waals surface area contributed by atoms with Crippen LogP contribution in [0, 0.1) is 0 Å². The molecule has 4 nitrogen and oxygen atoms in total. The number of anilines is 1. The first-order valence-electron chi connectivity index (χ1n) is 5.35. The largest absolute Gasteiger partial charge is 0.399 e. The molecule has 4 heteroatoms. The highest BCUT2D eigenvalue weighted by Gasteiger charge is 2.03. The molecule has 0 saturated heterocycles. The van der Waals surface area contributed by atoms with Gasteiger partial charge in [0.1, 0.15) is 0 Å². The molecule has 0 spiro atoms. The minimum absolute atomic E-state index is 0.104. The molecule has 1 rings (SSSR count). The van der Waals surface area contributed by atoms with Gasteiger partial charge in [0.05, 0.1) is 12.7 Å². The lowest BCUT2D eigenvalue weighted by molar-refractivity contribution is 0.0746. The summed E-state index contributed by atoms with van der Waals surface area (Å²) in [6.07, 6.45) is 0.188. The molecule has 0 aromatic heterocycles. The summed E-state index contributed by atoms with van der Waals surface area (Å²) >= 11 is 0. The second-order valence-corrected chi connectivity index (χ2v) is 3.80. The molecular formula is C12H18N2O2. The van der Waals surface area contributed by atoms with Crippen molar-refractivity contribution in [2.45, 2.75) is 20.0 Å². The molecule has 0 aliphatic heterocycles. The van der Waals surface area contributed by atoms with Gasteiger partial charge in [0.25, 0.3) is 5.91 Å². The van der Waals surface area contributed by atoms with Crippen LogP contribution < -0.4 is 11.1 Å². The number of ether oxygens (including phenoxy) is 1. The Hall–Kier alpha value is -1.55. The van der Waals surface area contributed by atoms with Crippen molar-refractivity contribution in [2.24, 2.45) is 0 Å². The lowest BCUT2D eigenvalue weighted by atomic mass is 10.2. The van der Waals surface area contributed by atoms with Gasteiger partial charge in [0, 0.05) is 17.8 Å². The summed E-state index contributed by atoms with van der Waals surface area (Å²) in [6, 6.07) is 6.82. The van der Waals surface area contributed by atoms with Crippen molar-refractivity contribution in [3.05, 3.63) is 29.8 Å². The number of carbonyl (C=O) groups is 1. The molecule has 16 heavy (non-hydrogen) atoms. The van der Waals surface area contributed by atoms with Crippen LogP contribution in [-0.4, -0.2) is 25.2 Å². The predicted octanol–water partition coefficient (Wildman–Crippen LogP) is 1.42. The molecule has 88 valence electrons. The molecule has 1 aromatic carbocycles. The third-order valence-corrected chi connectivity index (χ3v) is 2.01. The van der Waals surface area contributed by atoms with Gasteiger partial charge < -0.3 is 15.8 Å². The van der Waals surface area contributed by atoms with Crippen LogP contribution >= 0.6 is 0 Å². The van der Waals surface area contributed by atoms with Gasteiger partial charge in [0.2, 0.25) is 0 Å². The maximum atomic E-state index is 11.6. The zero-order valence-electron chi connectivity index (χ0n) is 9.69. The van der Waals surface area contributed by atoms with Gasteiger partial charge in [-0.3, -0.25) is 4.79 Å². The van der Waals surface area contributed by atoms with Gasteiger partial charge in [-0.15, -0.1) is 0 Å². The first kappa shape index (κ1) is 12.5. The van der Waals surface area contributed by atoms with Crippen LogP contribution in [0.4, 0.5) is 5.69 Å².